The number of nitrogens with one attached hydrogen (secondary N) is 3. The summed E-state index contributed by atoms with van der Waals surface area (Å²) in [6.07, 6.45) is 1.50. The molecular formula is C35H32Br2N4O7. The van der Waals surface area contributed by atoms with Gasteiger partial charge in [0.25, 0.3) is 5.91 Å². The van der Waals surface area contributed by atoms with Crippen LogP contribution in [0.4, 0.5) is 4.79 Å². The first-order valence-electron chi connectivity index (χ1n) is 14.8. The highest BCUT2D eigenvalue weighted by atomic mass is 79.9. The zero-order chi connectivity index (χ0) is 34.2. The first-order chi connectivity index (χ1) is 23.2. The number of ether oxygens (including phenoxy) is 4. The molecule has 13 heteroatoms. The number of hydrazone groups is 1. The Morgan fingerprint density at radius 3 is 2.48 bits per heavy atom. The predicted molar refractivity (Wildman–Crippen MR) is 188 cm³/mol. The van der Waals surface area contributed by atoms with Gasteiger partial charge in [-0.2, -0.15) is 5.10 Å². The molecule has 0 aliphatic carbocycles. The molecule has 1 aliphatic heterocycles. The van der Waals surface area contributed by atoms with Gasteiger partial charge in [-0.25, -0.2) is 15.0 Å². The quantitative estimate of drug-likeness (QED) is 0.0830. The summed E-state index contributed by atoms with van der Waals surface area (Å²) >= 11 is 7.15. The molecule has 0 aromatic heterocycles. The van der Waals surface area contributed by atoms with Gasteiger partial charge in [0.15, 0.2) is 18.1 Å². The number of benzene rings is 4. The third-order valence-corrected chi connectivity index (χ3v) is 8.50. The maximum absolute atomic E-state index is 12.6. The molecule has 0 radical (unpaired) electrons. The maximum atomic E-state index is 12.6. The predicted octanol–water partition coefficient (Wildman–Crippen LogP) is 6.67. The third kappa shape index (κ3) is 8.15. The molecule has 48 heavy (non-hydrogen) atoms. The standard InChI is InChI=1S/C35H32Br2N4O7/c1-4-46-34(43)31-20(2)39-35(44)40-32(31)23-12-13-28(29(16-23)45-3)47-19-30(42)41-38-17-21-14-26(36)33(27(37)15-21)48-18-24-10-7-9-22-8-5-6-11-25(22)24/h5-17,32H,4,18-19H2,1-3H3,(H,41,42)(H2,39,40,44)/b38-17-/t32-/m1/s1. The molecular weight excluding hydrogens is 748 g/mol. The van der Waals surface area contributed by atoms with E-state index in [2.05, 4.69) is 71.2 Å². The van der Waals surface area contributed by atoms with Crippen LogP contribution in [0.15, 0.2) is 98.1 Å². The molecule has 4 aromatic rings. The van der Waals surface area contributed by atoms with Gasteiger partial charge >= 0.3 is 12.0 Å². The lowest BCUT2D eigenvalue weighted by molar-refractivity contribution is -0.139. The zero-order valence-corrected chi connectivity index (χ0v) is 29.4. The molecule has 5 rings (SSSR count). The molecule has 0 saturated heterocycles. The second-order valence-electron chi connectivity index (χ2n) is 10.5. The second kappa shape index (κ2) is 15.8. The van der Waals surface area contributed by atoms with Crippen LogP contribution in [-0.4, -0.2) is 44.4 Å². The molecule has 1 aliphatic rings. The summed E-state index contributed by atoms with van der Waals surface area (Å²) in [6, 6.07) is 21.6. The van der Waals surface area contributed by atoms with Crippen molar-refractivity contribution in [2.45, 2.75) is 26.5 Å². The van der Waals surface area contributed by atoms with Crippen LogP contribution in [0.2, 0.25) is 0 Å². The van der Waals surface area contributed by atoms with Gasteiger partial charge in [0.05, 0.1) is 40.5 Å². The molecule has 0 saturated carbocycles. The number of carbonyl (C=O) groups is 3. The lowest BCUT2D eigenvalue weighted by Crippen LogP contribution is -2.45. The van der Waals surface area contributed by atoms with Gasteiger partial charge in [-0.15, -0.1) is 0 Å². The van der Waals surface area contributed by atoms with Gasteiger partial charge in [-0.05, 0) is 97.4 Å². The van der Waals surface area contributed by atoms with Crippen molar-refractivity contribution < 1.29 is 33.3 Å². The second-order valence-corrected chi connectivity index (χ2v) is 12.2. The van der Waals surface area contributed by atoms with Crippen LogP contribution in [0, 0.1) is 0 Å². The molecule has 0 spiro atoms. The summed E-state index contributed by atoms with van der Waals surface area (Å²) in [5.74, 6) is 0.174. The molecule has 248 valence electrons. The summed E-state index contributed by atoms with van der Waals surface area (Å²) in [5.41, 5.74) is 5.45. The Hall–Kier alpha value is -4.88. The number of urea groups is 1. The Morgan fingerprint density at radius 1 is 0.979 bits per heavy atom. The lowest BCUT2D eigenvalue weighted by atomic mass is 9.95. The molecule has 1 heterocycles. The first kappa shape index (κ1) is 34.5. The average molecular weight is 780 g/mol. The minimum absolute atomic E-state index is 0.183. The van der Waals surface area contributed by atoms with Gasteiger partial charge in [0, 0.05) is 5.70 Å². The molecule has 1 atom stereocenters. The number of allylic oxidation sites excluding steroid dienone is 1. The lowest BCUT2D eigenvalue weighted by Gasteiger charge is -2.28. The summed E-state index contributed by atoms with van der Waals surface area (Å²) in [4.78, 5) is 37.4. The zero-order valence-electron chi connectivity index (χ0n) is 26.3. The first-order valence-corrected chi connectivity index (χ1v) is 16.4. The number of carbonyl (C=O) groups excluding carboxylic acids is 3. The number of amides is 3. The van der Waals surface area contributed by atoms with Gasteiger partial charge in [-0.1, -0.05) is 48.5 Å². The maximum Gasteiger partial charge on any atom is 0.338 e. The van der Waals surface area contributed by atoms with Gasteiger partial charge in [0.2, 0.25) is 0 Å². The molecule has 3 N–H and O–H groups in total. The Labute approximate surface area is 293 Å². The van der Waals surface area contributed by atoms with E-state index >= 15 is 0 Å². The highest BCUT2D eigenvalue weighted by Gasteiger charge is 2.32. The topological polar surface area (TPSA) is 137 Å². The third-order valence-electron chi connectivity index (χ3n) is 7.32. The van der Waals surface area contributed by atoms with Crippen LogP contribution < -0.4 is 30.3 Å². The van der Waals surface area contributed by atoms with Crippen LogP contribution in [-0.2, 0) is 20.9 Å². The molecule has 11 nitrogen and oxygen atoms in total. The Kier molecular flexibility index (Phi) is 11.3. The Bertz CT molecular complexity index is 1900. The van der Waals surface area contributed by atoms with Gasteiger partial charge in [-0.3, -0.25) is 4.79 Å². The Balaban J connectivity index is 1.18. The molecule has 0 fully saturated rings. The van der Waals surface area contributed by atoms with E-state index in [0.29, 0.717) is 43.9 Å². The van der Waals surface area contributed by atoms with E-state index in [1.54, 1.807) is 32.0 Å². The fourth-order valence-corrected chi connectivity index (χ4v) is 6.57. The number of rotatable bonds is 12. The molecule has 3 amide bonds. The number of methoxy groups -OCH3 is 1. The van der Waals surface area contributed by atoms with Gasteiger partial charge in [0.1, 0.15) is 12.4 Å². The van der Waals surface area contributed by atoms with E-state index in [0.717, 1.165) is 16.3 Å². The minimum Gasteiger partial charge on any atom is -0.493 e. The van der Waals surface area contributed by atoms with E-state index in [4.69, 9.17) is 18.9 Å². The summed E-state index contributed by atoms with van der Waals surface area (Å²) in [5, 5.41) is 11.7. The van der Waals surface area contributed by atoms with Crippen molar-refractivity contribution in [3.63, 3.8) is 0 Å². The number of nitrogens with zero attached hydrogens (tertiary/aromatic N) is 1. The number of esters is 1. The Morgan fingerprint density at radius 2 is 1.73 bits per heavy atom. The van der Waals surface area contributed by atoms with Gasteiger partial charge < -0.3 is 29.6 Å². The number of fused-ring (bicyclic) bond motifs is 1. The summed E-state index contributed by atoms with van der Waals surface area (Å²) < 4.78 is 23.9. The normalized spacial score (nSPS) is 14.4. The number of hydrogen-bond acceptors (Lipinski definition) is 8. The van der Waals surface area contributed by atoms with E-state index in [1.165, 1.54) is 13.3 Å². The summed E-state index contributed by atoms with van der Waals surface area (Å²) in [7, 11) is 1.45. The van der Waals surface area contributed by atoms with Crippen LogP contribution in [0.1, 0.15) is 36.6 Å². The number of hydrogen-bond donors (Lipinski definition) is 3. The van der Waals surface area contributed by atoms with E-state index < -0.39 is 23.9 Å². The fraction of sp³-hybridized carbons (Fsp3) is 0.200. The van der Waals surface area contributed by atoms with E-state index in [9.17, 15) is 14.4 Å². The van der Waals surface area contributed by atoms with Crippen LogP contribution in [0.25, 0.3) is 10.8 Å². The van der Waals surface area contributed by atoms with Crippen molar-refractivity contribution in [2.24, 2.45) is 5.10 Å². The fourth-order valence-electron chi connectivity index (χ4n) is 5.12. The highest BCUT2D eigenvalue weighted by molar-refractivity contribution is 9.11. The van der Waals surface area contributed by atoms with Crippen molar-refractivity contribution in [1.82, 2.24) is 16.1 Å². The largest absolute Gasteiger partial charge is 0.493 e. The van der Waals surface area contributed by atoms with Crippen molar-refractivity contribution in [3.05, 3.63) is 110 Å². The number of halogens is 2. The van der Waals surface area contributed by atoms with E-state index in [-0.39, 0.29) is 24.5 Å². The van der Waals surface area contributed by atoms with Crippen molar-refractivity contribution in [3.8, 4) is 17.2 Å². The monoisotopic (exact) mass is 778 g/mol. The van der Waals surface area contributed by atoms with Crippen LogP contribution >= 0.6 is 31.9 Å². The SMILES string of the molecule is CCOC(=O)C1=C(C)NC(=O)N[C@@H]1c1ccc(OCC(=O)N/N=C\c2cc(Br)c(OCc3cccc4ccccc34)c(Br)c2)c(OC)c1. The van der Waals surface area contributed by atoms with Crippen molar-refractivity contribution in [2.75, 3.05) is 20.3 Å². The summed E-state index contributed by atoms with van der Waals surface area (Å²) in [6.45, 7) is 3.55. The van der Waals surface area contributed by atoms with Crippen molar-refractivity contribution in [1.29, 1.82) is 0 Å². The smallest absolute Gasteiger partial charge is 0.338 e. The van der Waals surface area contributed by atoms with Crippen molar-refractivity contribution >= 4 is 66.8 Å². The van der Waals surface area contributed by atoms with E-state index in [1.807, 2.05) is 36.4 Å². The molecule has 4 aromatic carbocycles. The van der Waals surface area contributed by atoms with Crippen LogP contribution in [0.5, 0.6) is 17.2 Å². The minimum atomic E-state index is -0.775. The molecule has 0 bridgehead atoms. The molecule has 0 unspecified atom stereocenters. The van der Waals surface area contributed by atoms with Crippen LogP contribution in [0.3, 0.4) is 0 Å². The highest BCUT2D eigenvalue weighted by Crippen LogP contribution is 2.36. The average Bonchev–Trinajstić information content (AvgIpc) is 3.06.